The Morgan fingerprint density at radius 1 is 1.42 bits per heavy atom. The molecule has 0 aliphatic carbocycles. The molecule has 66 valence electrons. The Hall–Kier alpha value is -1.02. The molecule has 1 atom stereocenters. The molecule has 0 amide bonds. The summed E-state index contributed by atoms with van der Waals surface area (Å²) >= 11 is 0. The molecule has 0 aromatic heterocycles. The Morgan fingerprint density at radius 2 is 2.08 bits per heavy atom. The molecule has 12 heavy (non-hydrogen) atoms. The summed E-state index contributed by atoms with van der Waals surface area (Å²) in [4.78, 5) is 0. The fourth-order valence-corrected chi connectivity index (χ4v) is 1.16. The Kier molecular flexibility index (Phi) is 2.71. The Bertz CT molecular complexity index is 269. The molecular weight excluding hydrogens is 152 g/mol. The maximum atomic E-state index is 9.44. The SMILES string of the molecule is CCC(O)c1ccc(C)cc1O. The van der Waals surface area contributed by atoms with Gasteiger partial charge in [0.05, 0.1) is 6.10 Å². The molecule has 0 radical (unpaired) electrons. The van der Waals surface area contributed by atoms with Crippen molar-refractivity contribution < 1.29 is 10.2 Å². The molecule has 0 fully saturated rings. The fraction of sp³-hybridized carbons (Fsp3) is 0.400. The van der Waals surface area contributed by atoms with Gasteiger partial charge in [-0.25, -0.2) is 0 Å². The topological polar surface area (TPSA) is 40.5 Å². The number of aromatic hydroxyl groups is 1. The number of aliphatic hydroxyl groups excluding tert-OH is 1. The summed E-state index contributed by atoms with van der Waals surface area (Å²) in [6.45, 7) is 3.78. The number of hydrogen-bond donors (Lipinski definition) is 2. The van der Waals surface area contributed by atoms with Gasteiger partial charge in [0.1, 0.15) is 5.75 Å². The van der Waals surface area contributed by atoms with E-state index >= 15 is 0 Å². The number of benzene rings is 1. The molecule has 2 heteroatoms. The van der Waals surface area contributed by atoms with Gasteiger partial charge >= 0.3 is 0 Å². The van der Waals surface area contributed by atoms with E-state index in [1.807, 2.05) is 19.9 Å². The van der Waals surface area contributed by atoms with Crippen LogP contribution in [0.5, 0.6) is 5.75 Å². The van der Waals surface area contributed by atoms with Gasteiger partial charge in [0.2, 0.25) is 0 Å². The van der Waals surface area contributed by atoms with Gasteiger partial charge in [-0.2, -0.15) is 0 Å². The van der Waals surface area contributed by atoms with Crippen LogP contribution < -0.4 is 0 Å². The number of aryl methyl sites for hydroxylation is 1. The monoisotopic (exact) mass is 166 g/mol. The lowest BCUT2D eigenvalue weighted by Gasteiger charge is -2.10. The van der Waals surface area contributed by atoms with Gasteiger partial charge in [0, 0.05) is 5.56 Å². The molecule has 1 unspecified atom stereocenters. The minimum absolute atomic E-state index is 0.185. The molecule has 0 heterocycles. The first-order chi connectivity index (χ1) is 5.65. The third kappa shape index (κ3) is 1.77. The summed E-state index contributed by atoms with van der Waals surface area (Å²) in [7, 11) is 0. The van der Waals surface area contributed by atoms with Crippen LogP contribution in [0, 0.1) is 6.92 Å². The van der Waals surface area contributed by atoms with Gasteiger partial charge in [-0.05, 0) is 25.0 Å². The highest BCUT2D eigenvalue weighted by atomic mass is 16.3. The van der Waals surface area contributed by atoms with Crippen LogP contribution in [0.2, 0.25) is 0 Å². The smallest absolute Gasteiger partial charge is 0.121 e. The van der Waals surface area contributed by atoms with Crippen molar-refractivity contribution in [3.05, 3.63) is 29.3 Å². The lowest BCUT2D eigenvalue weighted by Crippen LogP contribution is -1.95. The number of aliphatic hydroxyl groups is 1. The van der Waals surface area contributed by atoms with Crippen molar-refractivity contribution in [1.82, 2.24) is 0 Å². The van der Waals surface area contributed by atoms with Crippen LogP contribution in [-0.4, -0.2) is 10.2 Å². The number of hydrogen-bond acceptors (Lipinski definition) is 2. The van der Waals surface area contributed by atoms with Crippen molar-refractivity contribution in [2.75, 3.05) is 0 Å². The third-order valence-corrected chi connectivity index (χ3v) is 1.93. The van der Waals surface area contributed by atoms with Crippen LogP contribution in [0.4, 0.5) is 0 Å². The molecule has 0 saturated heterocycles. The summed E-state index contributed by atoms with van der Waals surface area (Å²) in [6, 6.07) is 5.31. The molecule has 2 N–H and O–H groups in total. The second-order valence-corrected chi connectivity index (χ2v) is 2.99. The zero-order chi connectivity index (χ0) is 9.14. The fourth-order valence-electron chi connectivity index (χ4n) is 1.16. The van der Waals surface area contributed by atoms with Gasteiger partial charge in [-0.15, -0.1) is 0 Å². The highest BCUT2D eigenvalue weighted by molar-refractivity contribution is 5.37. The normalized spacial score (nSPS) is 12.9. The van der Waals surface area contributed by atoms with Crippen molar-refractivity contribution in [3.8, 4) is 5.75 Å². The summed E-state index contributed by atoms with van der Waals surface area (Å²) in [5.41, 5.74) is 1.61. The van der Waals surface area contributed by atoms with E-state index in [2.05, 4.69) is 0 Å². The molecule has 0 spiro atoms. The van der Waals surface area contributed by atoms with Crippen molar-refractivity contribution in [3.63, 3.8) is 0 Å². The molecule has 0 aliphatic rings. The molecule has 2 nitrogen and oxygen atoms in total. The van der Waals surface area contributed by atoms with Crippen LogP contribution >= 0.6 is 0 Å². The zero-order valence-electron chi connectivity index (χ0n) is 7.41. The van der Waals surface area contributed by atoms with E-state index in [4.69, 9.17) is 0 Å². The van der Waals surface area contributed by atoms with Crippen LogP contribution in [0.1, 0.15) is 30.6 Å². The first-order valence-electron chi connectivity index (χ1n) is 4.12. The highest BCUT2D eigenvalue weighted by Gasteiger charge is 2.08. The maximum Gasteiger partial charge on any atom is 0.121 e. The van der Waals surface area contributed by atoms with Crippen LogP contribution in [0.15, 0.2) is 18.2 Å². The summed E-state index contributed by atoms with van der Waals surface area (Å²) in [6.07, 6.45) is 0.0713. The van der Waals surface area contributed by atoms with Gasteiger partial charge < -0.3 is 10.2 Å². The lowest BCUT2D eigenvalue weighted by molar-refractivity contribution is 0.170. The molecule has 1 rings (SSSR count). The number of rotatable bonds is 2. The van der Waals surface area contributed by atoms with Gasteiger partial charge in [0.25, 0.3) is 0 Å². The van der Waals surface area contributed by atoms with E-state index < -0.39 is 6.10 Å². The first kappa shape index (κ1) is 9.07. The highest BCUT2D eigenvalue weighted by Crippen LogP contribution is 2.26. The molecule has 0 saturated carbocycles. The van der Waals surface area contributed by atoms with E-state index in [0.717, 1.165) is 5.56 Å². The van der Waals surface area contributed by atoms with Crippen molar-refractivity contribution in [2.45, 2.75) is 26.4 Å². The average Bonchev–Trinajstić information content (AvgIpc) is 2.03. The van der Waals surface area contributed by atoms with Crippen molar-refractivity contribution in [2.24, 2.45) is 0 Å². The Labute approximate surface area is 72.5 Å². The molecule has 0 bridgehead atoms. The maximum absolute atomic E-state index is 9.44. The first-order valence-corrected chi connectivity index (χ1v) is 4.12. The van der Waals surface area contributed by atoms with Crippen LogP contribution in [0.3, 0.4) is 0 Å². The summed E-state index contributed by atoms with van der Waals surface area (Å²) in [5.74, 6) is 0.185. The molecule has 0 aliphatic heterocycles. The average molecular weight is 166 g/mol. The predicted molar refractivity (Wildman–Crippen MR) is 48.1 cm³/mol. The molecule has 1 aromatic rings. The summed E-state index contributed by atoms with van der Waals surface area (Å²) < 4.78 is 0. The van der Waals surface area contributed by atoms with Crippen LogP contribution in [0.25, 0.3) is 0 Å². The van der Waals surface area contributed by atoms with Crippen molar-refractivity contribution >= 4 is 0 Å². The van der Waals surface area contributed by atoms with Gasteiger partial charge in [-0.1, -0.05) is 19.1 Å². The minimum Gasteiger partial charge on any atom is -0.508 e. The molecular formula is C10H14O2. The van der Waals surface area contributed by atoms with Gasteiger partial charge in [0.15, 0.2) is 0 Å². The summed E-state index contributed by atoms with van der Waals surface area (Å²) in [5, 5.41) is 18.9. The third-order valence-electron chi connectivity index (χ3n) is 1.93. The van der Waals surface area contributed by atoms with E-state index in [9.17, 15) is 10.2 Å². The van der Waals surface area contributed by atoms with Gasteiger partial charge in [-0.3, -0.25) is 0 Å². The number of phenols is 1. The quantitative estimate of drug-likeness (QED) is 0.706. The Morgan fingerprint density at radius 3 is 2.58 bits per heavy atom. The van der Waals surface area contributed by atoms with E-state index in [1.54, 1.807) is 12.1 Å². The Balaban J connectivity index is 3.01. The standard InChI is InChI=1S/C10H14O2/c1-3-9(11)8-5-4-7(2)6-10(8)12/h4-6,9,11-12H,3H2,1-2H3. The minimum atomic E-state index is -0.550. The largest absolute Gasteiger partial charge is 0.508 e. The zero-order valence-corrected chi connectivity index (χ0v) is 7.41. The van der Waals surface area contributed by atoms with Crippen LogP contribution in [-0.2, 0) is 0 Å². The van der Waals surface area contributed by atoms with Crippen molar-refractivity contribution in [1.29, 1.82) is 0 Å². The number of phenolic OH excluding ortho intramolecular Hbond substituents is 1. The second kappa shape index (κ2) is 3.59. The lowest BCUT2D eigenvalue weighted by atomic mass is 10.0. The van der Waals surface area contributed by atoms with E-state index in [0.29, 0.717) is 12.0 Å². The second-order valence-electron chi connectivity index (χ2n) is 2.99. The molecule has 1 aromatic carbocycles. The van der Waals surface area contributed by atoms with E-state index in [-0.39, 0.29) is 5.75 Å². The predicted octanol–water partition coefficient (Wildman–Crippen LogP) is 2.14. The van der Waals surface area contributed by atoms with E-state index in [1.165, 1.54) is 0 Å².